The van der Waals surface area contributed by atoms with Gasteiger partial charge in [0.15, 0.2) is 0 Å². The van der Waals surface area contributed by atoms with Crippen LogP contribution >= 0.6 is 0 Å². The smallest absolute Gasteiger partial charge is 0.0991 e. The molecule has 0 atom stereocenters. The number of para-hydroxylation sites is 4. The normalized spacial score (nSPS) is 11.2. The highest BCUT2D eigenvalue weighted by molar-refractivity contribution is 6.31. The number of hydrogen-bond donors (Lipinski definition) is 0. The molecule has 26 aromatic rings. The Balaban J connectivity index is 0.000000159. The van der Waals surface area contributed by atoms with Crippen molar-refractivity contribution in [2.24, 2.45) is 0 Å². The summed E-state index contributed by atoms with van der Waals surface area (Å²) in [6, 6.07) is 168. The van der Waals surface area contributed by atoms with Gasteiger partial charge in [0.25, 0.3) is 0 Å². The lowest BCUT2D eigenvalue weighted by atomic mass is 9.96. The van der Waals surface area contributed by atoms with Gasteiger partial charge in [-0.2, -0.15) is 15.8 Å². The minimum absolute atomic E-state index is 0. The molecular weight excluding hydrogens is 1760 g/mol. The van der Waals surface area contributed by atoms with E-state index in [1.54, 1.807) is 0 Å². The van der Waals surface area contributed by atoms with E-state index in [-0.39, 0.29) is 7.43 Å². The van der Waals surface area contributed by atoms with E-state index in [2.05, 4.69) is 419 Å². The fourth-order valence-corrected chi connectivity index (χ4v) is 20.9. The van der Waals surface area contributed by atoms with Crippen LogP contribution in [0.2, 0.25) is 0 Å². The van der Waals surface area contributed by atoms with Crippen LogP contribution < -0.4 is 0 Å². The lowest BCUT2D eigenvalue weighted by molar-refractivity contribution is 1.17. The third kappa shape index (κ3) is 16.1. The summed E-state index contributed by atoms with van der Waals surface area (Å²) in [5.41, 5.74) is 40.0. The van der Waals surface area contributed by atoms with Crippen molar-refractivity contribution >= 4 is 87.2 Å². The van der Waals surface area contributed by atoms with Crippen LogP contribution in [0.1, 0.15) is 29.7 Å². The van der Waals surface area contributed by atoms with Gasteiger partial charge in [-0.1, -0.05) is 256 Å². The third-order valence-electron chi connectivity index (χ3n) is 27.7. The van der Waals surface area contributed by atoms with Gasteiger partial charge in [-0.25, -0.2) is 0 Å². The number of benzene rings is 18. The second kappa shape index (κ2) is 37.3. The van der Waals surface area contributed by atoms with Crippen molar-refractivity contribution in [1.82, 2.24) is 38.2 Å². The summed E-state index contributed by atoms with van der Waals surface area (Å²) in [4.78, 5) is 20.1. The second-order valence-corrected chi connectivity index (χ2v) is 36.2. The average molecular weight is 1850 g/mol. The SMILES string of the molecule is C.C#Cc1ccc(-c2cc(-c3ccc(C#N)cc3)cc(-n3c4ccccc4c4c5c6ccccc6n(-c6cc(-c7ccc(C#N)cc7)cc(-c7ccc(C#N)cc7)c6)c5ccc43)c2)cc1.c1ccc(-c2ccnc(-c3cc(-c4cc(-c5ccccc5)ccn4)cc(-n4c5ccccc5c5c6c7ccccc7n(-c7cc(-c8cc(-c9ccccc9)ccn8)cc(-c8cc(-c9ccccc9)ccn8)c7)c6ccc54)c3)c2)cc1. The Morgan fingerprint density at radius 1 is 0.172 bits per heavy atom. The molecule has 676 valence electrons. The zero-order valence-electron chi connectivity index (χ0n) is 77.7. The molecule has 26 rings (SSSR count). The van der Waals surface area contributed by atoms with Gasteiger partial charge in [-0.05, 0) is 307 Å². The molecule has 0 unspecified atom stereocenters. The molecule has 0 radical (unpaired) electrons. The Morgan fingerprint density at radius 2 is 0.372 bits per heavy atom. The molecule has 0 aliphatic rings. The molecular formula is C134H85N11. The first-order valence-electron chi connectivity index (χ1n) is 47.9. The number of nitrogens with zero attached hydrogens (tertiary/aromatic N) is 11. The van der Waals surface area contributed by atoms with Gasteiger partial charge in [0.1, 0.15) is 0 Å². The topological polar surface area (TPSA) is 143 Å². The van der Waals surface area contributed by atoms with E-state index < -0.39 is 0 Å². The second-order valence-electron chi connectivity index (χ2n) is 36.2. The Bertz CT molecular complexity index is 8860. The van der Waals surface area contributed by atoms with Crippen molar-refractivity contribution in [3.8, 4) is 187 Å². The van der Waals surface area contributed by atoms with Gasteiger partial charge in [0, 0.05) is 118 Å². The predicted molar refractivity (Wildman–Crippen MR) is 595 cm³/mol. The standard InChI is InChI=1S/C74H48N6.C59H33N5.CH4/c1-5-17-49(18-6-1)53-31-35-75-65(45-53)57-39-58(66-46-54(32-36-76-66)50-19-7-2-8-20-50)42-61(41-57)79-69-27-15-13-25-63(69)73-71(79)29-30-72-74(73)64-26-14-16-28-70(64)80(72)62-43-59(67-47-55(33-37-77-67)51-21-9-3-10-22-51)40-60(44-62)68-48-56(34-38-78-68)52-23-11-4-12-24-52;1-2-38-11-19-42(20-12-38)46-29-47(43-21-13-39(35-60)14-22-43)32-50(31-46)63-54-9-5-3-7-52(54)58-56(63)27-28-57-59(58)53-8-4-6-10-55(53)64(57)51-33-48(44-23-15-40(36-61)16-24-44)30-49(34-51)45-25-17-41(37-62)18-26-45;/h1-48H;1,3-34H;1H4. The summed E-state index contributed by atoms with van der Waals surface area (Å²) in [7, 11) is 0. The summed E-state index contributed by atoms with van der Waals surface area (Å²) in [5, 5.41) is 38.0. The largest absolute Gasteiger partial charge is 0.309 e. The number of aromatic nitrogens is 8. The molecule has 0 bridgehead atoms. The number of nitriles is 3. The van der Waals surface area contributed by atoms with Crippen LogP contribution in [0.3, 0.4) is 0 Å². The summed E-state index contributed by atoms with van der Waals surface area (Å²) in [5.74, 6) is 2.74. The molecule has 0 fully saturated rings. The average Bonchev–Trinajstić information content (AvgIpc) is 1.55. The van der Waals surface area contributed by atoms with Crippen LogP contribution in [0.5, 0.6) is 0 Å². The molecule has 18 aromatic carbocycles. The Labute approximate surface area is 838 Å². The molecule has 0 aliphatic carbocycles. The number of fused-ring (bicyclic) bond motifs is 14. The van der Waals surface area contributed by atoms with Crippen LogP contribution in [0.25, 0.3) is 244 Å². The van der Waals surface area contributed by atoms with Crippen molar-refractivity contribution in [3.05, 3.63) is 508 Å². The molecule has 8 aromatic heterocycles. The third-order valence-corrected chi connectivity index (χ3v) is 27.7. The fraction of sp³-hybridized carbons (Fsp3) is 0.00746. The lowest BCUT2D eigenvalue weighted by Crippen LogP contribution is -1.98. The number of terminal acetylenes is 1. The summed E-state index contributed by atoms with van der Waals surface area (Å²) in [6.45, 7) is 0. The van der Waals surface area contributed by atoms with Crippen LogP contribution in [0.4, 0.5) is 0 Å². The Hall–Kier alpha value is -20.2. The zero-order chi connectivity index (χ0) is 96.2. The predicted octanol–water partition coefficient (Wildman–Crippen LogP) is 33.6. The van der Waals surface area contributed by atoms with Gasteiger partial charge >= 0.3 is 0 Å². The van der Waals surface area contributed by atoms with Crippen molar-refractivity contribution < 1.29 is 0 Å². The Kier molecular flexibility index (Phi) is 22.5. The van der Waals surface area contributed by atoms with Crippen LogP contribution in [-0.4, -0.2) is 38.2 Å². The number of hydrogen-bond acceptors (Lipinski definition) is 7. The monoisotopic (exact) mass is 1850 g/mol. The zero-order valence-corrected chi connectivity index (χ0v) is 77.7. The molecule has 0 N–H and O–H groups in total. The van der Waals surface area contributed by atoms with Crippen LogP contribution in [0, 0.1) is 46.3 Å². The van der Waals surface area contributed by atoms with Gasteiger partial charge in [-0.3, -0.25) is 19.9 Å². The van der Waals surface area contributed by atoms with E-state index in [0.29, 0.717) is 16.7 Å². The van der Waals surface area contributed by atoms with Crippen molar-refractivity contribution in [2.45, 2.75) is 7.43 Å². The number of pyridine rings is 4. The summed E-state index contributed by atoms with van der Waals surface area (Å²) < 4.78 is 9.60. The van der Waals surface area contributed by atoms with Crippen molar-refractivity contribution in [3.63, 3.8) is 0 Å². The minimum Gasteiger partial charge on any atom is -0.309 e. The molecule has 0 amide bonds. The first-order valence-corrected chi connectivity index (χ1v) is 47.9. The van der Waals surface area contributed by atoms with E-state index in [1.165, 1.54) is 10.8 Å². The maximum atomic E-state index is 9.58. The fourth-order valence-electron chi connectivity index (χ4n) is 20.9. The molecule has 0 aliphatic heterocycles. The van der Waals surface area contributed by atoms with Crippen LogP contribution in [0.15, 0.2) is 486 Å². The summed E-state index contributed by atoms with van der Waals surface area (Å²) >= 11 is 0. The molecule has 0 saturated heterocycles. The molecule has 0 spiro atoms. The lowest BCUT2D eigenvalue weighted by Gasteiger charge is -2.15. The number of rotatable bonds is 16. The quantitative estimate of drug-likeness (QED) is 0.0877. The minimum atomic E-state index is 0. The highest BCUT2D eigenvalue weighted by atomic mass is 15.0. The van der Waals surface area contributed by atoms with Crippen LogP contribution in [-0.2, 0) is 0 Å². The van der Waals surface area contributed by atoms with Gasteiger partial charge < -0.3 is 18.3 Å². The Morgan fingerprint density at radius 3 is 0.600 bits per heavy atom. The van der Waals surface area contributed by atoms with E-state index in [1.807, 2.05) is 110 Å². The van der Waals surface area contributed by atoms with E-state index in [4.69, 9.17) is 26.4 Å². The van der Waals surface area contributed by atoms with Crippen molar-refractivity contribution in [2.75, 3.05) is 0 Å². The van der Waals surface area contributed by atoms with Gasteiger partial charge in [0.2, 0.25) is 0 Å². The van der Waals surface area contributed by atoms with E-state index >= 15 is 0 Å². The first-order chi connectivity index (χ1) is 71.2. The highest BCUT2D eigenvalue weighted by Crippen LogP contribution is 2.49. The first kappa shape index (κ1) is 87.6. The molecule has 8 heterocycles. The van der Waals surface area contributed by atoms with Gasteiger partial charge in [0.05, 0.1) is 102 Å². The molecule has 11 heteroatoms. The summed E-state index contributed by atoms with van der Waals surface area (Å²) in [6.07, 6.45) is 13.4. The molecule has 145 heavy (non-hydrogen) atoms. The maximum absolute atomic E-state index is 9.58. The van der Waals surface area contributed by atoms with E-state index in [0.717, 1.165) is 239 Å². The highest BCUT2D eigenvalue weighted by Gasteiger charge is 2.27. The molecule has 11 nitrogen and oxygen atoms in total. The van der Waals surface area contributed by atoms with E-state index in [9.17, 15) is 15.8 Å². The molecule has 0 saturated carbocycles. The van der Waals surface area contributed by atoms with Gasteiger partial charge in [-0.15, -0.1) is 6.42 Å². The van der Waals surface area contributed by atoms with Crippen molar-refractivity contribution in [1.29, 1.82) is 15.8 Å². The maximum Gasteiger partial charge on any atom is 0.0991 e.